The highest BCUT2D eigenvalue weighted by molar-refractivity contribution is 9.14. The van der Waals surface area contributed by atoms with Crippen molar-refractivity contribution in [1.29, 1.82) is 0 Å². The van der Waals surface area contributed by atoms with E-state index >= 15 is 0 Å². The van der Waals surface area contributed by atoms with E-state index in [1.54, 1.807) is 0 Å². The van der Waals surface area contributed by atoms with Crippen molar-refractivity contribution in [2.45, 2.75) is 5.33 Å². The molecule has 0 aliphatic rings. The van der Waals surface area contributed by atoms with E-state index in [9.17, 15) is 0 Å². The van der Waals surface area contributed by atoms with Crippen molar-refractivity contribution >= 4 is 103 Å². The molecule has 0 atom stereocenters. The Labute approximate surface area is 138 Å². The molecule has 1 rings (SSSR count). The van der Waals surface area contributed by atoms with Crippen LogP contribution in [0, 0.1) is 0 Å². The fourth-order valence-corrected chi connectivity index (χ4v) is 2.77. The average molecular weight is 585 g/mol. The summed E-state index contributed by atoms with van der Waals surface area (Å²) < 4.78 is 2.84. The molecule has 2 N–H and O–H groups in total. The van der Waals surface area contributed by atoms with Crippen molar-refractivity contribution in [1.82, 2.24) is 0 Å². The maximum atomic E-state index is 5.84. The first kappa shape index (κ1) is 18.3. The Balaban J connectivity index is 0. The normalized spacial score (nSPS) is 8.86. The van der Waals surface area contributed by atoms with Gasteiger partial charge >= 0.3 is 0 Å². The van der Waals surface area contributed by atoms with Crippen molar-refractivity contribution in [2.24, 2.45) is 0 Å². The van der Waals surface area contributed by atoms with Crippen molar-refractivity contribution in [3.8, 4) is 0 Å². The van der Waals surface area contributed by atoms with Crippen LogP contribution in [0.4, 0.5) is 5.69 Å². The van der Waals surface area contributed by atoms with Crippen LogP contribution in [0.2, 0.25) is 0 Å². The summed E-state index contributed by atoms with van der Waals surface area (Å²) >= 11 is 13.6. The van der Waals surface area contributed by atoms with Gasteiger partial charge in [0, 0.05) is 14.3 Å². The summed E-state index contributed by atoms with van der Waals surface area (Å²) in [6, 6.07) is 1.99. The number of rotatable bonds is 1. The molecule has 82 valence electrons. The maximum absolute atomic E-state index is 5.84. The van der Waals surface area contributed by atoms with Gasteiger partial charge in [0.05, 0.1) is 10.2 Å². The van der Waals surface area contributed by atoms with Crippen molar-refractivity contribution < 1.29 is 0 Å². The summed E-state index contributed by atoms with van der Waals surface area (Å²) in [5.74, 6) is 0. The first-order valence-corrected chi connectivity index (χ1v) is 6.55. The predicted molar refractivity (Wildman–Crippen MR) is 87.2 cm³/mol. The van der Waals surface area contributed by atoms with E-state index in [0.717, 1.165) is 30.0 Å². The van der Waals surface area contributed by atoms with Crippen molar-refractivity contribution in [2.75, 3.05) is 5.73 Å². The average Bonchev–Trinajstić information content (AvgIpc) is 2.08. The minimum Gasteiger partial charge on any atom is -0.398 e. The highest BCUT2D eigenvalue weighted by Crippen LogP contribution is 2.38. The summed E-state index contributed by atoms with van der Waals surface area (Å²) in [4.78, 5) is 0. The van der Waals surface area contributed by atoms with Crippen LogP contribution in [-0.4, -0.2) is 0 Å². The van der Waals surface area contributed by atoms with E-state index in [-0.39, 0.29) is 34.0 Å². The van der Waals surface area contributed by atoms with Crippen LogP contribution in [0.15, 0.2) is 19.5 Å². The van der Waals surface area contributed by atoms with Crippen LogP contribution >= 0.6 is 97.7 Å². The van der Waals surface area contributed by atoms with Crippen LogP contribution in [0.5, 0.6) is 0 Å². The molecule has 0 unspecified atom stereocenters. The topological polar surface area (TPSA) is 26.0 Å². The molecule has 0 amide bonds. The second-order valence-corrected chi connectivity index (χ2v) is 5.19. The van der Waals surface area contributed by atoms with Gasteiger partial charge in [-0.3, -0.25) is 0 Å². The van der Waals surface area contributed by atoms with E-state index in [4.69, 9.17) is 5.73 Å². The molecule has 1 aromatic carbocycles. The lowest BCUT2D eigenvalue weighted by Crippen LogP contribution is -1.94. The van der Waals surface area contributed by atoms with Crippen molar-refractivity contribution in [3.05, 3.63) is 25.0 Å². The van der Waals surface area contributed by atoms with E-state index in [2.05, 4.69) is 63.7 Å². The van der Waals surface area contributed by atoms with Gasteiger partial charge in [-0.05, 0) is 59.4 Å². The molecule has 0 saturated carbocycles. The van der Waals surface area contributed by atoms with Crippen molar-refractivity contribution in [3.63, 3.8) is 0 Å². The lowest BCUT2D eigenvalue weighted by Gasteiger charge is -2.08. The van der Waals surface area contributed by atoms with Gasteiger partial charge in [0.25, 0.3) is 0 Å². The zero-order valence-electron chi connectivity index (χ0n) is 6.69. The van der Waals surface area contributed by atoms with E-state index < -0.39 is 0 Å². The van der Waals surface area contributed by atoms with Gasteiger partial charge in [-0.1, -0.05) is 15.9 Å². The third-order valence-electron chi connectivity index (χ3n) is 1.43. The molecule has 14 heavy (non-hydrogen) atoms. The molecule has 0 spiro atoms. The van der Waals surface area contributed by atoms with Crippen LogP contribution in [0.25, 0.3) is 0 Å². The molecule has 7 heteroatoms. The second kappa shape index (κ2) is 8.06. The fourth-order valence-electron chi connectivity index (χ4n) is 0.769. The van der Waals surface area contributed by atoms with E-state index in [0.29, 0.717) is 0 Å². The standard InChI is InChI=1S/C7H5Br4N.2BrH/c8-2-3-1-4(9)5(10)6(11)7(3)12;;/h1H,2,12H2;2*1H. The van der Waals surface area contributed by atoms with Crippen LogP contribution in [-0.2, 0) is 5.33 Å². The Morgan fingerprint density at radius 3 is 2.00 bits per heavy atom. The highest BCUT2D eigenvalue weighted by Gasteiger charge is 2.09. The Kier molecular flexibility index (Phi) is 10.5. The van der Waals surface area contributed by atoms with Gasteiger partial charge < -0.3 is 5.73 Å². The summed E-state index contributed by atoms with van der Waals surface area (Å²) in [5.41, 5.74) is 7.67. The molecule has 0 saturated heterocycles. The number of hydrogen-bond donors (Lipinski definition) is 1. The van der Waals surface area contributed by atoms with Gasteiger partial charge in [-0.25, -0.2) is 0 Å². The van der Waals surface area contributed by atoms with Gasteiger partial charge in [-0.2, -0.15) is 0 Å². The number of benzene rings is 1. The third-order valence-corrected chi connectivity index (χ3v) is 5.37. The Hall–Kier alpha value is 1.90. The Bertz CT molecular complexity index is 314. The summed E-state index contributed by atoms with van der Waals surface area (Å²) in [6.07, 6.45) is 0. The molecule has 0 aromatic heterocycles. The molecule has 0 fully saturated rings. The number of halogens is 6. The number of hydrogen-bond acceptors (Lipinski definition) is 1. The molecule has 1 nitrogen and oxygen atoms in total. The maximum Gasteiger partial charge on any atom is 0.0561 e. The molecule has 0 aliphatic heterocycles. The zero-order valence-corrected chi connectivity index (χ0v) is 16.5. The number of nitrogens with two attached hydrogens (primary N) is 1. The number of alkyl halides is 1. The Morgan fingerprint density at radius 2 is 1.57 bits per heavy atom. The van der Waals surface area contributed by atoms with Gasteiger partial charge in [0.15, 0.2) is 0 Å². The molecular weight excluding hydrogens is 578 g/mol. The monoisotopic (exact) mass is 579 g/mol. The highest BCUT2D eigenvalue weighted by atomic mass is 79.9. The smallest absolute Gasteiger partial charge is 0.0561 e. The fraction of sp³-hybridized carbons (Fsp3) is 0.143. The minimum absolute atomic E-state index is 0. The molecule has 0 aliphatic carbocycles. The van der Waals surface area contributed by atoms with Gasteiger partial charge in [0.1, 0.15) is 0 Å². The quantitative estimate of drug-likeness (QED) is 0.260. The predicted octanol–water partition coefficient (Wildman–Crippen LogP) is 5.61. The second-order valence-electron chi connectivity index (χ2n) is 2.19. The van der Waals surface area contributed by atoms with Crippen LogP contribution in [0.3, 0.4) is 0 Å². The first-order chi connectivity index (χ1) is 5.57. The first-order valence-electron chi connectivity index (χ1n) is 3.05. The van der Waals surface area contributed by atoms with Crippen LogP contribution in [0.1, 0.15) is 5.56 Å². The SMILES string of the molecule is Br.Br.Nc1c(CBr)cc(Br)c(Br)c1Br. The van der Waals surface area contributed by atoms with E-state index in [1.807, 2.05) is 6.07 Å². The summed E-state index contributed by atoms with van der Waals surface area (Å²) in [6.45, 7) is 0. The lowest BCUT2D eigenvalue weighted by atomic mass is 10.2. The minimum atomic E-state index is 0. The van der Waals surface area contributed by atoms with E-state index in [1.165, 1.54) is 0 Å². The largest absolute Gasteiger partial charge is 0.398 e. The summed E-state index contributed by atoms with van der Waals surface area (Å²) in [5, 5.41) is 0.753. The van der Waals surface area contributed by atoms with Crippen LogP contribution < -0.4 is 5.73 Å². The summed E-state index contributed by atoms with van der Waals surface area (Å²) in [7, 11) is 0. The Morgan fingerprint density at radius 1 is 1.07 bits per heavy atom. The molecular formula is C7H7Br6N. The molecule has 0 heterocycles. The molecule has 0 radical (unpaired) electrons. The lowest BCUT2D eigenvalue weighted by molar-refractivity contribution is 1.38. The third kappa shape index (κ3) is 4.05. The van der Waals surface area contributed by atoms with Gasteiger partial charge in [-0.15, -0.1) is 34.0 Å². The molecule has 0 bridgehead atoms. The van der Waals surface area contributed by atoms with Gasteiger partial charge in [0.2, 0.25) is 0 Å². The number of anilines is 1. The number of nitrogen functional groups attached to an aromatic ring is 1. The zero-order chi connectivity index (χ0) is 9.30. The molecule has 1 aromatic rings.